The molecular formula is C30H39FN4O4. The van der Waals surface area contributed by atoms with Crippen molar-refractivity contribution < 1.29 is 23.8 Å². The van der Waals surface area contributed by atoms with Crippen LogP contribution in [0.5, 0.6) is 0 Å². The molecule has 2 unspecified atom stereocenters. The first kappa shape index (κ1) is 26.3. The van der Waals surface area contributed by atoms with Crippen molar-refractivity contribution in [3.05, 3.63) is 47.4 Å². The van der Waals surface area contributed by atoms with Gasteiger partial charge in [-0.05, 0) is 74.2 Å². The number of ketones is 1. The number of piperidine rings is 1. The summed E-state index contributed by atoms with van der Waals surface area (Å²) in [7, 11) is 3.47. The van der Waals surface area contributed by atoms with Crippen molar-refractivity contribution in [1.29, 1.82) is 0 Å². The van der Waals surface area contributed by atoms with Gasteiger partial charge in [0.05, 0.1) is 5.60 Å². The number of aliphatic hydroxyl groups is 1. The van der Waals surface area contributed by atoms with Gasteiger partial charge < -0.3 is 19.6 Å². The van der Waals surface area contributed by atoms with Gasteiger partial charge in [-0.3, -0.25) is 4.79 Å². The topological polar surface area (TPSA) is 87.9 Å². The molecule has 39 heavy (non-hydrogen) atoms. The fourth-order valence-corrected chi connectivity index (χ4v) is 8.20. The zero-order valence-electron chi connectivity index (χ0n) is 22.9. The molecule has 4 saturated carbocycles. The van der Waals surface area contributed by atoms with Gasteiger partial charge in [0.2, 0.25) is 0 Å². The van der Waals surface area contributed by atoms with Crippen LogP contribution in [0.3, 0.4) is 0 Å². The zero-order chi connectivity index (χ0) is 27.3. The Morgan fingerprint density at radius 3 is 2.59 bits per heavy atom. The number of anilines is 1. The number of Topliss-reactive ketones (excluding diaryl/α,β-unsaturated/α-hetero) is 1. The molecule has 2 aromatic rings. The van der Waals surface area contributed by atoms with Gasteiger partial charge in [0, 0.05) is 39.6 Å². The molecule has 7 rings (SSSR count). The lowest BCUT2D eigenvalue weighted by Gasteiger charge is -2.58. The Kier molecular flexibility index (Phi) is 6.90. The number of aryl methyl sites for hydroxylation is 1. The maximum Gasteiger partial charge on any atom is 0.410 e. The van der Waals surface area contributed by atoms with Gasteiger partial charge in [0.15, 0.2) is 23.1 Å². The molecule has 1 amide bonds. The van der Waals surface area contributed by atoms with E-state index < -0.39 is 11.4 Å². The van der Waals surface area contributed by atoms with Crippen LogP contribution in [0.2, 0.25) is 0 Å². The van der Waals surface area contributed by atoms with Crippen LogP contribution in [0.4, 0.5) is 15.0 Å². The number of hydrogen-bond acceptors (Lipinski definition) is 6. The summed E-state index contributed by atoms with van der Waals surface area (Å²) >= 11 is 0. The van der Waals surface area contributed by atoms with Crippen LogP contribution < -0.4 is 4.90 Å². The number of benzene rings is 1. The van der Waals surface area contributed by atoms with Gasteiger partial charge in [-0.25, -0.2) is 13.9 Å². The Morgan fingerprint density at radius 2 is 1.90 bits per heavy atom. The zero-order valence-corrected chi connectivity index (χ0v) is 22.9. The number of halogens is 1. The quantitative estimate of drug-likeness (QED) is 0.520. The van der Waals surface area contributed by atoms with E-state index >= 15 is 4.39 Å². The first-order valence-electron chi connectivity index (χ1n) is 14.4. The summed E-state index contributed by atoms with van der Waals surface area (Å²) in [6.45, 7) is 1.21. The van der Waals surface area contributed by atoms with Gasteiger partial charge in [0.25, 0.3) is 0 Å². The number of aromatic nitrogens is 2. The normalized spacial score (nSPS) is 31.4. The van der Waals surface area contributed by atoms with Crippen molar-refractivity contribution in [2.45, 2.75) is 69.6 Å². The highest BCUT2D eigenvalue weighted by Crippen LogP contribution is 2.59. The van der Waals surface area contributed by atoms with Gasteiger partial charge in [0.1, 0.15) is 6.61 Å². The number of amides is 1. The van der Waals surface area contributed by atoms with Crippen LogP contribution >= 0.6 is 0 Å². The standard InChI is InChI=1S/C30H39FN4O4/c1-33(23-9-6-10-35(17-23)29(37)39-18-19-7-4-3-5-8-19)28-26(31)27(32-34(28)2)25(36)13-24-21-11-20-12-22(24)16-30(38,14-20)15-21/h3-5,7-8,20-24,38H,6,9-18H2,1-2H3/t20?,21?,22?,23-,24?,30?/m0/s1. The Labute approximate surface area is 229 Å². The molecule has 210 valence electrons. The molecule has 1 aliphatic heterocycles. The number of hydrogen-bond donors (Lipinski definition) is 1. The minimum absolute atomic E-state index is 0.0956. The van der Waals surface area contributed by atoms with Crippen molar-refractivity contribution in [2.24, 2.45) is 30.7 Å². The number of likely N-dealkylation sites (N-methyl/N-ethyl adjacent to an activating group) is 1. The number of rotatable bonds is 7. The van der Waals surface area contributed by atoms with Crippen LogP contribution in [0.15, 0.2) is 30.3 Å². The van der Waals surface area contributed by atoms with Gasteiger partial charge in [-0.1, -0.05) is 30.3 Å². The SMILES string of the molecule is CN(c1c(F)c(C(=O)CC2C3CC4CC2CC(O)(C4)C3)nn1C)[C@H]1CCCN(C(=O)OCc2ccccc2)C1. The largest absolute Gasteiger partial charge is 0.445 e. The van der Waals surface area contributed by atoms with Crippen molar-refractivity contribution in [1.82, 2.24) is 14.7 Å². The average Bonchev–Trinajstić information content (AvgIpc) is 3.22. The molecule has 9 heteroatoms. The maximum atomic E-state index is 15.8. The monoisotopic (exact) mass is 538 g/mol. The Hall–Kier alpha value is -2.94. The van der Waals surface area contributed by atoms with E-state index in [0.29, 0.717) is 37.3 Å². The second-order valence-corrected chi connectivity index (χ2v) is 12.5. The molecule has 0 radical (unpaired) electrons. The maximum absolute atomic E-state index is 15.8. The molecule has 5 fully saturated rings. The third-order valence-electron chi connectivity index (χ3n) is 9.82. The molecular weight excluding hydrogens is 499 g/mol. The van der Waals surface area contributed by atoms with Crippen molar-refractivity contribution in [2.75, 3.05) is 25.0 Å². The fraction of sp³-hybridized carbons (Fsp3) is 0.633. The molecule has 5 aliphatic rings. The van der Waals surface area contributed by atoms with E-state index in [0.717, 1.165) is 50.5 Å². The van der Waals surface area contributed by atoms with Crippen LogP contribution in [-0.2, 0) is 18.4 Å². The summed E-state index contributed by atoms with van der Waals surface area (Å²) < 4.78 is 22.8. The van der Waals surface area contributed by atoms with E-state index in [9.17, 15) is 14.7 Å². The molecule has 8 nitrogen and oxygen atoms in total. The Balaban J connectivity index is 1.10. The molecule has 2 heterocycles. The first-order valence-corrected chi connectivity index (χ1v) is 14.4. The van der Waals surface area contributed by atoms with E-state index in [2.05, 4.69) is 5.10 Å². The van der Waals surface area contributed by atoms with E-state index in [1.54, 1.807) is 19.0 Å². The Bertz CT molecular complexity index is 1220. The summed E-state index contributed by atoms with van der Waals surface area (Å²) in [5, 5.41) is 15.2. The van der Waals surface area contributed by atoms with Gasteiger partial charge in [-0.15, -0.1) is 0 Å². The minimum Gasteiger partial charge on any atom is -0.445 e. The highest BCUT2D eigenvalue weighted by atomic mass is 19.1. The third kappa shape index (κ3) is 5.06. The van der Waals surface area contributed by atoms with Crippen molar-refractivity contribution in [3.63, 3.8) is 0 Å². The summed E-state index contributed by atoms with van der Waals surface area (Å²) in [4.78, 5) is 29.6. The smallest absolute Gasteiger partial charge is 0.410 e. The summed E-state index contributed by atoms with van der Waals surface area (Å²) in [5.41, 5.74) is 0.279. The second kappa shape index (κ2) is 10.2. The number of carbonyl (C=O) groups is 2. The minimum atomic E-state index is -0.587. The number of carbonyl (C=O) groups excluding carboxylic acids is 2. The summed E-state index contributed by atoms with van der Waals surface area (Å²) in [6.07, 6.45) is 6.06. The van der Waals surface area contributed by atoms with E-state index in [1.165, 1.54) is 4.68 Å². The second-order valence-electron chi connectivity index (χ2n) is 12.5. The molecule has 1 N–H and O–H groups in total. The first-order chi connectivity index (χ1) is 18.7. The van der Waals surface area contributed by atoms with Crippen LogP contribution in [-0.4, -0.2) is 63.4 Å². The number of likely N-dealkylation sites (tertiary alicyclic amines) is 1. The summed E-state index contributed by atoms with van der Waals surface area (Å²) in [6, 6.07) is 9.43. The van der Waals surface area contributed by atoms with E-state index in [-0.39, 0.29) is 42.0 Å². The van der Waals surface area contributed by atoms with Crippen molar-refractivity contribution >= 4 is 17.7 Å². The van der Waals surface area contributed by atoms with Gasteiger partial charge in [-0.2, -0.15) is 5.10 Å². The third-order valence-corrected chi connectivity index (χ3v) is 9.82. The molecule has 1 aromatic carbocycles. The van der Waals surface area contributed by atoms with Gasteiger partial charge >= 0.3 is 6.09 Å². The molecule has 3 atom stereocenters. The Morgan fingerprint density at radius 1 is 1.18 bits per heavy atom. The van der Waals surface area contributed by atoms with E-state index in [1.807, 2.05) is 35.2 Å². The average molecular weight is 539 g/mol. The molecule has 1 saturated heterocycles. The molecule has 0 spiro atoms. The lowest BCUT2D eigenvalue weighted by atomic mass is 9.49. The predicted molar refractivity (Wildman–Crippen MR) is 144 cm³/mol. The highest BCUT2D eigenvalue weighted by molar-refractivity contribution is 5.95. The molecule has 4 aliphatic carbocycles. The number of nitrogens with zero attached hydrogens (tertiary/aromatic N) is 4. The number of ether oxygens (including phenoxy) is 1. The fourth-order valence-electron chi connectivity index (χ4n) is 8.20. The van der Waals surface area contributed by atoms with Crippen LogP contribution in [0, 0.1) is 29.5 Å². The predicted octanol–water partition coefficient (Wildman–Crippen LogP) is 4.56. The molecule has 1 aromatic heterocycles. The van der Waals surface area contributed by atoms with E-state index in [4.69, 9.17) is 4.74 Å². The lowest BCUT2D eigenvalue weighted by molar-refractivity contribution is -0.151. The summed E-state index contributed by atoms with van der Waals surface area (Å²) in [5.74, 6) is 0.880. The van der Waals surface area contributed by atoms with Crippen LogP contribution in [0.25, 0.3) is 0 Å². The molecule has 4 bridgehead atoms. The highest BCUT2D eigenvalue weighted by Gasteiger charge is 2.55. The van der Waals surface area contributed by atoms with Crippen LogP contribution in [0.1, 0.15) is 67.4 Å². The van der Waals surface area contributed by atoms with Crippen molar-refractivity contribution in [3.8, 4) is 0 Å². The lowest BCUT2D eigenvalue weighted by Crippen LogP contribution is -2.54.